The van der Waals surface area contributed by atoms with Gasteiger partial charge in [-0.3, -0.25) is 9.78 Å². The van der Waals surface area contributed by atoms with E-state index >= 15 is 0 Å². The second-order valence-corrected chi connectivity index (χ2v) is 4.72. The molecule has 1 fully saturated rings. The molecule has 0 aromatic carbocycles. The topological polar surface area (TPSA) is 63.4 Å². The first-order valence-corrected chi connectivity index (χ1v) is 6.60. The third-order valence-electron chi connectivity index (χ3n) is 3.36. The molecule has 0 atom stereocenters. The molecule has 3 heterocycles. The fourth-order valence-corrected chi connectivity index (χ4v) is 2.33. The summed E-state index contributed by atoms with van der Waals surface area (Å²) in [5.41, 5.74) is 0.574. The Morgan fingerprint density at radius 1 is 1.15 bits per heavy atom. The van der Waals surface area contributed by atoms with Crippen molar-refractivity contribution in [2.24, 2.45) is 0 Å². The van der Waals surface area contributed by atoms with Gasteiger partial charge in [0, 0.05) is 30.9 Å². The smallest absolute Gasteiger partial charge is 0.360 e. The number of carbonyl (C=O) groups excluding carboxylic acids is 1. The van der Waals surface area contributed by atoms with Crippen molar-refractivity contribution in [1.29, 1.82) is 0 Å². The Kier molecular flexibility index (Phi) is 3.33. The minimum absolute atomic E-state index is 0.0160. The minimum Gasteiger partial charge on any atom is -0.421 e. The molecule has 2 aromatic rings. The van der Waals surface area contributed by atoms with Crippen molar-refractivity contribution in [2.45, 2.75) is 19.3 Å². The van der Waals surface area contributed by atoms with E-state index in [4.69, 9.17) is 4.42 Å². The number of aromatic nitrogens is 1. The van der Waals surface area contributed by atoms with Crippen LogP contribution in [0.2, 0.25) is 0 Å². The van der Waals surface area contributed by atoms with Crippen LogP contribution in [0.15, 0.2) is 45.9 Å². The molecule has 5 heteroatoms. The van der Waals surface area contributed by atoms with Crippen LogP contribution < -0.4 is 10.5 Å². The summed E-state index contributed by atoms with van der Waals surface area (Å²) in [6, 6.07) is 6.95. The van der Waals surface area contributed by atoms with Crippen LogP contribution in [0.5, 0.6) is 0 Å². The number of rotatable bonds is 2. The van der Waals surface area contributed by atoms with Gasteiger partial charge in [-0.25, -0.2) is 4.79 Å². The van der Waals surface area contributed by atoms with Gasteiger partial charge in [0.2, 0.25) is 5.91 Å². The maximum atomic E-state index is 12.1. The highest BCUT2D eigenvalue weighted by molar-refractivity contribution is 5.93. The SMILES string of the molecule is O=C1CCCCN1c1ccc(-c2cccnc2)oc1=O. The van der Waals surface area contributed by atoms with Crippen LogP contribution in [0.3, 0.4) is 0 Å². The van der Waals surface area contributed by atoms with Gasteiger partial charge in [-0.15, -0.1) is 0 Å². The second-order valence-electron chi connectivity index (χ2n) is 4.72. The molecule has 1 aliphatic rings. The first-order chi connectivity index (χ1) is 9.75. The van der Waals surface area contributed by atoms with Crippen LogP contribution in [-0.2, 0) is 4.79 Å². The van der Waals surface area contributed by atoms with Crippen molar-refractivity contribution in [2.75, 3.05) is 11.4 Å². The number of nitrogens with zero attached hydrogens (tertiary/aromatic N) is 2. The summed E-state index contributed by atoms with van der Waals surface area (Å²) in [7, 11) is 0. The summed E-state index contributed by atoms with van der Waals surface area (Å²) in [6.45, 7) is 0.579. The molecular weight excluding hydrogens is 256 g/mol. The van der Waals surface area contributed by atoms with Gasteiger partial charge in [0.15, 0.2) is 0 Å². The Balaban J connectivity index is 1.96. The van der Waals surface area contributed by atoms with E-state index in [0.717, 1.165) is 18.4 Å². The van der Waals surface area contributed by atoms with Gasteiger partial charge in [0.1, 0.15) is 11.4 Å². The summed E-state index contributed by atoms with van der Waals surface area (Å²) in [6.07, 6.45) is 5.57. The molecule has 0 unspecified atom stereocenters. The minimum atomic E-state index is -0.485. The predicted octanol–water partition coefficient (Wildman–Crippen LogP) is 2.22. The van der Waals surface area contributed by atoms with E-state index in [1.54, 1.807) is 30.6 Å². The summed E-state index contributed by atoms with van der Waals surface area (Å²) in [5.74, 6) is 0.439. The zero-order valence-electron chi connectivity index (χ0n) is 10.9. The van der Waals surface area contributed by atoms with Crippen LogP contribution in [0.25, 0.3) is 11.3 Å². The Bertz CT molecular complexity index is 679. The van der Waals surface area contributed by atoms with Crippen LogP contribution in [-0.4, -0.2) is 17.4 Å². The first kappa shape index (κ1) is 12.6. The molecule has 5 nitrogen and oxygen atoms in total. The van der Waals surface area contributed by atoms with Crippen LogP contribution in [0.4, 0.5) is 5.69 Å². The van der Waals surface area contributed by atoms with Gasteiger partial charge in [-0.2, -0.15) is 0 Å². The molecule has 2 aromatic heterocycles. The lowest BCUT2D eigenvalue weighted by atomic mass is 10.1. The van der Waals surface area contributed by atoms with Gasteiger partial charge in [-0.05, 0) is 37.1 Å². The maximum Gasteiger partial charge on any atom is 0.360 e. The van der Waals surface area contributed by atoms with E-state index < -0.39 is 5.63 Å². The summed E-state index contributed by atoms with van der Waals surface area (Å²) in [5, 5.41) is 0. The molecular formula is C15H14N2O3. The summed E-state index contributed by atoms with van der Waals surface area (Å²) < 4.78 is 5.31. The zero-order valence-corrected chi connectivity index (χ0v) is 10.9. The highest BCUT2D eigenvalue weighted by Gasteiger charge is 2.22. The van der Waals surface area contributed by atoms with Crippen LogP contribution >= 0.6 is 0 Å². The van der Waals surface area contributed by atoms with E-state index in [1.807, 2.05) is 6.07 Å². The quantitative estimate of drug-likeness (QED) is 0.839. The van der Waals surface area contributed by atoms with Crippen molar-refractivity contribution in [1.82, 2.24) is 4.98 Å². The van der Waals surface area contributed by atoms with Crippen molar-refractivity contribution in [3.05, 3.63) is 47.1 Å². The number of anilines is 1. The molecule has 1 amide bonds. The number of hydrogen-bond donors (Lipinski definition) is 0. The summed E-state index contributed by atoms with van der Waals surface area (Å²) in [4.78, 5) is 29.4. The number of amides is 1. The molecule has 0 aliphatic carbocycles. The van der Waals surface area contributed by atoms with Gasteiger partial charge in [0.05, 0.1) is 0 Å². The van der Waals surface area contributed by atoms with E-state index in [-0.39, 0.29) is 5.91 Å². The van der Waals surface area contributed by atoms with Gasteiger partial charge in [-0.1, -0.05) is 0 Å². The highest BCUT2D eigenvalue weighted by atomic mass is 16.4. The molecule has 1 aliphatic heterocycles. The molecule has 0 bridgehead atoms. The highest BCUT2D eigenvalue weighted by Crippen LogP contribution is 2.21. The average molecular weight is 270 g/mol. The predicted molar refractivity (Wildman–Crippen MR) is 74.4 cm³/mol. The van der Waals surface area contributed by atoms with Gasteiger partial charge in [0.25, 0.3) is 0 Å². The number of hydrogen-bond acceptors (Lipinski definition) is 4. The van der Waals surface area contributed by atoms with E-state index in [1.165, 1.54) is 4.90 Å². The molecule has 102 valence electrons. The lowest BCUT2D eigenvalue weighted by Crippen LogP contribution is -2.37. The largest absolute Gasteiger partial charge is 0.421 e. The van der Waals surface area contributed by atoms with Gasteiger partial charge < -0.3 is 9.32 Å². The fraction of sp³-hybridized carbons (Fsp3) is 0.267. The first-order valence-electron chi connectivity index (χ1n) is 6.60. The molecule has 0 N–H and O–H groups in total. The second kappa shape index (κ2) is 5.28. The van der Waals surface area contributed by atoms with Gasteiger partial charge >= 0.3 is 5.63 Å². The third kappa shape index (κ3) is 2.34. The Hall–Kier alpha value is -2.43. The zero-order chi connectivity index (χ0) is 13.9. The fourth-order valence-electron chi connectivity index (χ4n) is 2.33. The number of carbonyl (C=O) groups is 1. The monoisotopic (exact) mass is 270 g/mol. The van der Waals surface area contributed by atoms with E-state index in [0.29, 0.717) is 24.4 Å². The van der Waals surface area contributed by atoms with E-state index in [2.05, 4.69) is 4.98 Å². The lowest BCUT2D eigenvalue weighted by Gasteiger charge is -2.25. The number of pyridine rings is 1. The third-order valence-corrected chi connectivity index (χ3v) is 3.36. The van der Waals surface area contributed by atoms with Crippen molar-refractivity contribution >= 4 is 11.6 Å². The number of piperidine rings is 1. The maximum absolute atomic E-state index is 12.1. The molecule has 0 radical (unpaired) electrons. The Labute approximate surface area is 115 Å². The van der Waals surface area contributed by atoms with Crippen LogP contribution in [0.1, 0.15) is 19.3 Å². The molecule has 0 spiro atoms. The molecule has 20 heavy (non-hydrogen) atoms. The van der Waals surface area contributed by atoms with Crippen LogP contribution in [0, 0.1) is 0 Å². The molecule has 3 rings (SSSR count). The Morgan fingerprint density at radius 3 is 2.75 bits per heavy atom. The average Bonchev–Trinajstić information content (AvgIpc) is 2.49. The summed E-state index contributed by atoms with van der Waals surface area (Å²) >= 11 is 0. The van der Waals surface area contributed by atoms with Crippen molar-refractivity contribution in [3.8, 4) is 11.3 Å². The van der Waals surface area contributed by atoms with Crippen molar-refractivity contribution in [3.63, 3.8) is 0 Å². The standard InChI is InChI=1S/C15H14N2O3/c18-14-5-1-2-9-17(14)12-6-7-13(20-15(12)19)11-4-3-8-16-10-11/h3-4,6-8,10H,1-2,5,9H2. The Morgan fingerprint density at radius 2 is 2.05 bits per heavy atom. The lowest BCUT2D eigenvalue weighted by molar-refractivity contribution is -0.119. The molecule has 1 saturated heterocycles. The molecule has 0 saturated carbocycles. The van der Waals surface area contributed by atoms with E-state index in [9.17, 15) is 9.59 Å². The normalized spacial score (nSPS) is 15.4. The van der Waals surface area contributed by atoms with Crippen molar-refractivity contribution < 1.29 is 9.21 Å².